The van der Waals surface area contributed by atoms with E-state index in [0.29, 0.717) is 5.56 Å². The standard InChI is InChI=1S/C9H9NO3S/c1-10-8(12)5-2-3-7(11)6(4-5)9(13)14/h2-4,11H,1H3,(H,10,12)(H,13,14). The van der Waals surface area contributed by atoms with Gasteiger partial charge in [-0.3, -0.25) is 9.59 Å². The largest absolute Gasteiger partial charge is 0.507 e. The van der Waals surface area contributed by atoms with E-state index in [-0.39, 0.29) is 17.2 Å². The number of hydrogen-bond donors (Lipinski definition) is 3. The molecule has 0 atom stereocenters. The van der Waals surface area contributed by atoms with Gasteiger partial charge in [0.15, 0.2) is 0 Å². The highest BCUT2D eigenvalue weighted by Gasteiger charge is 2.11. The Hall–Kier alpha value is -1.49. The molecule has 1 aromatic carbocycles. The van der Waals surface area contributed by atoms with Gasteiger partial charge >= 0.3 is 0 Å². The van der Waals surface area contributed by atoms with E-state index in [0.717, 1.165) is 0 Å². The van der Waals surface area contributed by atoms with Crippen LogP contribution in [0, 0.1) is 0 Å². The Morgan fingerprint density at radius 1 is 1.43 bits per heavy atom. The summed E-state index contributed by atoms with van der Waals surface area (Å²) in [5, 5.41) is 11.1. The fourth-order valence-electron chi connectivity index (χ4n) is 0.993. The molecule has 0 aliphatic heterocycles. The Bertz CT molecular complexity index is 390. The highest BCUT2D eigenvalue weighted by molar-refractivity contribution is 7.97. The first kappa shape index (κ1) is 10.6. The first-order chi connectivity index (χ1) is 6.56. The van der Waals surface area contributed by atoms with Crippen LogP contribution in [0.2, 0.25) is 0 Å². The number of phenolic OH excluding ortho intramolecular Hbond substituents is 1. The van der Waals surface area contributed by atoms with E-state index in [1.54, 1.807) is 0 Å². The number of thiol groups is 1. The SMILES string of the molecule is CNC(=O)c1ccc(O)c(C(=O)S)c1. The number of benzene rings is 1. The van der Waals surface area contributed by atoms with E-state index in [1.807, 2.05) is 0 Å². The number of amides is 1. The predicted octanol–water partition coefficient (Wildman–Crippen LogP) is 0.822. The molecule has 0 bridgehead atoms. The molecule has 0 heterocycles. The van der Waals surface area contributed by atoms with E-state index in [9.17, 15) is 14.7 Å². The van der Waals surface area contributed by atoms with Crippen LogP contribution < -0.4 is 5.32 Å². The van der Waals surface area contributed by atoms with Crippen LogP contribution in [-0.2, 0) is 0 Å². The van der Waals surface area contributed by atoms with E-state index < -0.39 is 5.12 Å². The summed E-state index contributed by atoms with van der Waals surface area (Å²) < 4.78 is 0. The molecule has 0 unspecified atom stereocenters. The van der Waals surface area contributed by atoms with Crippen LogP contribution in [0.15, 0.2) is 18.2 Å². The van der Waals surface area contributed by atoms with Gasteiger partial charge in [-0.2, -0.15) is 0 Å². The third-order valence-corrected chi connectivity index (χ3v) is 1.96. The molecule has 0 fully saturated rings. The number of phenols is 1. The number of carbonyl (C=O) groups is 2. The van der Waals surface area contributed by atoms with Gasteiger partial charge in [-0.25, -0.2) is 0 Å². The summed E-state index contributed by atoms with van der Waals surface area (Å²) in [5.74, 6) is -0.501. The molecule has 1 aromatic rings. The molecule has 0 spiro atoms. The fourth-order valence-corrected chi connectivity index (χ4v) is 1.17. The van der Waals surface area contributed by atoms with Crippen LogP contribution in [0.3, 0.4) is 0 Å². The van der Waals surface area contributed by atoms with Crippen molar-refractivity contribution in [2.24, 2.45) is 0 Å². The minimum Gasteiger partial charge on any atom is -0.507 e. The Labute approximate surface area is 86.3 Å². The van der Waals surface area contributed by atoms with Crippen molar-refractivity contribution in [2.45, 2.75) is 0 Å². The second-order valence-electron chi connectivity index (χ2n) is 2.62. The summed E-state index contributed by atoms with van der Waals surface area (Å²) in [6, 6.07) is 4.01. The normalized spacial score (nSPS) is 9.57. The molecular formula is C9H9NO3S. The molecule has 0 aromatic heterocycles. The Balaban J connectivity index is 3.19. The molecule has 74 valence electrons. The van der Waals surface area contributed by atoms with Gasteiger partial charge in [0.25, 0.3) is 5.91 Å². The number of nitrogens with one attached hydrogen (secondary N) is 1. The lowest BCUT2D eigenvalue weighted by Crippen LogP contribution is -2.17. The molecule has 0 radical (unpaired) electrons. The topological polar surface area (TPSA) is 66.4 Å². The van der Waals surface area contributed by atoms with Gasteiger partial charge in [-0.05, 0) is 18.2 Å². The molecule has 14 heavy (non-hydrogen) atoms. The molecule has 1 rings (SSSR count). The second kappa shape index (κ2) is 4.15. The lowest BCUT2D eigenvalue weighted by atomic mass is 10.1. The van der Waals surface area contributed by atoms with Crippen molar-refractivity contribution in [3.63, 3.8) is 0 Å². The summed E-state index contributed by atoms with van der Waals surface area (Å²) in [4.78, 5) is 22.1. The maximum atomic E-state index is 11.2. The highest BCUT2D eigenvalue weighted by atomic mass is 32.1. The molecule has 5 heteroatoms. The monoisotopic (exact) mass is 211 g/mol. The smallest absolute Gasteiger partial charge is 0.251 e. The lowest BCUT2D eigenvalue weighted by Gasteiger charge is -2.03. The van der Waals surface area contributed by atoms with Gasteiger partial charge in [-0.15, -0.1) is 12.6 Å². The minimum atomic E-state index is -0.576. The quantitative estimate of drug-likeness (QED) is 0.634. The van der Waals surface area contributed by atoms with Crippen molar-refractivity contribution in [1.29, 1.82) is 0 Å². The maximum absolute atomic E-state index is 11.2. The molecule has 0 aliphatic rings. The van der Waals surface area contributed by atoms with Gasteiger partial charge in [0, 0.05) is 12.6 Å². The van der Waals surface area contributed by atoms with E-state index in [1.165, 1.54) is 25.2 Å². The number of carbonyl (C=O) groups excluding carboxylic acids is 2. The van der Waals surface area contributed by atoms with Crippen molar-refractivity contribution in [1.82, 2.24) is 5.32 Å². The third-order valence-electron chi connectivity index (χ3n) is 1.72. The highest BCUT2D eigenvalue weighted by Crippen LogP contribution is 2.20. The molecule has 4 nitrogen and oxygen atoms in total. The van der Waals surface area contributed by atoms with E-state index in [4.69, 9.17) is 0 Å². The van der Waals surface area contributed by atoms with Gasteiger partial charge < -0.3 is 10.4 Å². The van der Waals surface area contributed by atoms with Crippen molar-refractivity contribution in [2.75, 3.05) is 7.05 Å². The number of hydrogen-bond acceptors (Lipinski definition) is 3. The Morgan fingerprint density at radius 2 is 2.07 bits per heavy atom. The molecule has 2 N–H and O–H groups in total. The number of aromatic hydroxyl groups is 1. The van der Waals surface area contributed by atoms with Crippen LogP contribution in [0.25, 0.3) is 0 Å². The predicted molar refractivity (Wildman–Crippen MR) is 54.8 cm³/mol. The van der Waals surface area contributed by atoms with Gasteiger partial charge in [0.05, 0.1) is 5.56 Å². The average Bonchev–Trinajstić information content (AvgIpc) is 2.17. The zero-order chi connectivity index (χ0) is 10.7. The van der Waals surface area contributed by atoms with Crippen LogP contribution in [0.1, 0.15) is 20.7 Å². The number of rotatable bonds is 2. The molecule has 0 aliphatic carbocycles. The Kier molecular flexibility index (Phi) is 3.14. The summed E-state index contributed by atoms with van der Waals surface area (Å²) in [5.41, 5.74) is 0.331. The van der Waals surface area contributed by atoms with Crippen molar-refractivity contribution < 1.29 is 14.7 Å². The van der Waals surface area contributed by atoms with Crippen LogP contribution in [-0.4, -0.2) is 23.2 Å². The van der Waals surface area contributed by atoms with Crippen molar-refractivity contribution in [3.05, 3.63) is 29.3 Å². The zero-order valence-corrected chi connectivity index (χ0v) is 8.34. The second-order valence-corrected chi connectivity index (χ2v) is 3.02. The van der Waals surface area contributed by atoms with Crippen molar-refractivity contribution >= 4 is 23.7 Å². The lowest BCUT2D eigenvalue weighted by molar-refractivity contribution is 0.0963. The molecule has 0 saturated carbocycles. The summed E-state index contributed by atoms with van der Waals surface area (Å²) >= 11 is 3.57. The first-order valence-electron chi connectivity index (χ1n) is 3.84. The van der Waals surface area contributed by atoms with Crippen LogP contribution >= 0.6 is 12.6 Å². The molecular weight excluding hydrogens is 202 g/mol. The summed E-state index contributed by atoms with van der Waals surface area (Å²) in [7, 11) is 1.48. The van der Waals surface area contributed by atoms with Crippen molar-refractivity contribution in [3.8, 4) is 5.75 Å². The average molecular weight is 211 g/mol. The van der Waals surface area contributed by atoms with Gasteiger partial charge in [0.1, 0.15) is 5.75 Å². The third kappa shape index (κ3) is 2.05. The van der Waals surface area contributed by atoms with E-state index >= 15 is 0 Å². The van der Waals surface area contributed by atoms with Gasteiger partial charge in [0.2, 0.25) is 5.12 Å². The van der Waals surface area contributed by atoms with Crippen LogP contribution in [0.5, 0.6) is 5.75 Å². The van der Waals surface area contributed by atoms with E-state index in [2.05, 4.69) is 17.9 Å². The first-order valence-corrected chi connectivity index (χ1v) is 4.29. The molecule has 0 saturated heterocycles. The maximum Gasteiger partial charge on any atom is 0.251 e. The summed E-state index contributed by atoms with van der Waals surface area (Å²) in [6.07, 6.45) is 0. The Morgan fingerprint density at radius 3 is 2.57 bits per heavy atom. The van der Waals surface area contributed by atoms with Crippen LogP contribution in [0.4, 0.5) is 0 Å². The minimum absolute atomic E-state index is 0.0226. The fraction of sp³-hybridized carbons (Fsp3) is 0.111. The molecule has 1 amide bonds. The summed E-state index contributed by atoms with van der Waals surface area (Å²) in [6.45, 7) is 0. The zero-order valence-electron chi connectivity index (χ0n) is 7.44. The van der Waals surface area contributed by atoms with Gasteiger partial charge in [-0.1, -0.05) is 0 Å².